The Balaban J connectivity index is 2.75. The predicted octanol–water partition coefficient (Wildman–Crippen LogP) is 2.50. The topological polar surface area (TPSA) is 20.2 Å². The standard InChI is InChI=1S/C6H11FOS/c7-3-1-2-5-9-6-4-8/h4,6,8H,1-3,5H2. The maximum atomic E-state index is 11.4. The molecule has 0 spiro atoms. The first-order chi connectivity index (χ1) is 4.41. The van der Waals surface area contributed by atoms with E-state index in [0.717, 1.165) is 18.4 Å². The number of halogens is 1. The van der Waals surface area contributed by atoms with Gasteiger partial charge in [-0.2, -0.15) is 0 Å². The van der Waals surface area contributed by atoms with Gasteiger partial charge in [0.05, 0.1) is 12.9 Å². The Hall–Kier alpha value is -0.180. The fraction of sp³-hybridized carbons (Fsp3) is 0.667. The van der Waals surface area contributed by atoms with Gasteiger partial charge in [0.25, 0.3) is 0 Å². The minimum atomic E-state index is -0.233. The highest BCUT2D eigenvalue weighted by atomic mass is 32.2. The van der Waals surface area contributed by atoms with Gasteiger partial charge in [-0.15, -0.1) is 11.8 Å². The summed E-state index contributed by atoms with van der Waals surface area (Å²) in [7, 11) is 0. The molecular formula is C6H11FOS. The van der Waals surface area contributed by atoms with Gasteiger partial charge in [0.2, 0.25) is 0 Å². The van der Waals surface area contributed by atoms with Crippen LogP contribution in [0.5, 0.6) is 0 Å². The van der Waals surface area contributed by atoms with Crippen LogP contribution >= 0.6 is 11.8 Å². The van der Waals surface area contributed by atoms with E-state index in [1.54, 1.807) is 5.41 Å². The van der Waals surface area contributed by atoms with Crippen molar-refractivity contribution in [3.05, 3.63) is 11.7 Å². The van der Waals surface area contributed by atoms with E-state index in [2.05, 4.69) is 0 Å². The molecular weight excluding hydrogens is 139 g/mol. The number of alkyl halides is 1. The van der Waals surface area contributed by atoms with Crippen LogP contribution in [0.3, 0.4) is 0 Å². The highest BCUT2D eigenvalue weighted by Crippen LogP contribution is 2.04. The Bertz CT molecular complexity index is 75.5. The number of hydrogen-bond donors (Lipinski definition) is 1. The van der Waals surface area contributed by atoms with Crippen LogP contribution in [0.2, 0.25) is 0 Å². The Morgan fingerprint density at radius 1 is 1.44 bits per heavy atom. The minimum absolute atomic E-state index is 0.233. The lowest BCUT2D eigenvalue weighted by atomic mass is 10.4. The van der Waals surface area contributed by atoms with Gasteiger partial charge in [-0.3, -0.25) is 4.39 Å². The van der Waals surface area contributed by atoms with E-state index < -0.39 is 0 Å². The Morgan fingerprint density at radius 3 is 2.78 bits per heavy atom. The largest absolute Gasteiger partial charge is 0.515 e. The SMILES string of the molecule is OC=CSCCCCF. The van der Waals surface area contributed by atoms with Crippen molar-refractivity contribution < 1.29 is 9.50 Å². The molecule has 0 aromatic carbocycles. The predicted molar refractivity (Wildman–Crippen MR) is 39.4 cm³/mol. The summed E-state index contributed by atoms with van der Waals surface area (Å²) in [6.45, 7) is -0.233. The summed E-state index contributed by atoms with van der Waals surface area (Å²) in [5, 5.41) is 9.74. The zero-order valence-corrected chi connectivity index (χ0v) is 6.03. The molecule has 0 amide bonds. The maximum Gasteiger partial charge on any atom is 0.0894 e. The molecule has 0 aromatic heterocycles. The van der Waals surface area contributed by atoms with Gasteiger partial charge in [0.15, 0.2) is 0 Å². The molecule has 0 saturated carbocycles. The summed E-state index contributed by atoms with van der Waals surface area (Å²) < 4.78 is 11.4. The molecule has 9 heavy (non-hydrogen) atoms. The first-order valence-electron chi connectivity index (χ1n) is 2.88. The number of hydrogen-bond acceptors (Lipinski definition) is 2. The molecule has 0 bridgehead atoms. The van der Waals surface area contributed by atoms with Crippen LogP contribution < -0.4 is 0 Å². The fourth-order valence-corrected chi connectivity index (χ4v) is 0.984. The molecule has 3 heteroatoms. The average Bonchev–Trinajstić information content (AvgIpc) is 1.89. The quantitative estimate of drug-likeness (QED) is 0.480. The van der Waals surface area contributed by atoms with Gasteiger partial charge in [0.1, 0.15) is 0 Å². The lowest BCUT2D eigenvalue weighted by molar-refractivity contribution is 0.470. The Labute approximate surface area is 59.0 Å². The van der Waals surface area contributed by atoms with E-state index in [1.165, 1.54) is 11.8 Å². The summed E-state index contributed by atoms with van der Waals surface area (Å²) in [5.74, 6) is 0.890. The lowest BCUT2D eigenvalue weighted by Crippen LogP contribution is -1.79. The normalized spacial score (nSPS) is 10.8. The molecule has 54 valence electrons. The van der Waals surface area contributed by atoms with Crippen molar-refractivity contribution in [2.45, 2.75) is 12.8 Å². The van der Waals surface area contributed by atoms with E-state index in [0.29, 0.717) is 6.42 Å². The van der Waals surface area contributed by atoms with Gasteiger partial charge in [-0.05, 0) is 18.6 Å². The Kier molecular flexibility index (Phi) is 7.66. The van der Waals surface area contributed by atoms with E-state index in [-0.39, 0.29) is 6.67 Å². The van der Waals surface area contributed by atoms with Crippen molar-refractivity contribution in [3.8, 4) is 0 Å². The number of aliphatic hydroxyl groups excluding tert-OH is 1. The Morgan fingerprint density at radius 2 is 2.22 bits per heavy atom. The molecule has 1 nitrogen and oxygen atoms in total. The van der Waals surface area contributed by atoms with Crippen molar-refractivity contribution in [3.63, 3.8) is 0 Å². The minimum Gasteiger partial charge on any atom is -0.515 e. The van der Waals surface area contributed by atoms with Crippen LogP contribution in [0.1, 0.15) is 12.8 Å². The third-order valence-electron chi connectivity index (χ3n) is 0.803. The van der Waals surface area contributed by atoms with Gasteiger partial charge in [-0.25, -0.2) is 0 Å². The fourth-order valence-electron chi connectivity index (χ4n) is 0.391. The molecule has 0 saturated heterocycles. The molecule has 0 aliphatic carbocycles. The first kappa shape index (κ1) is 8.82. The second-order valence-corrected chi connectivity index (χ2v) is 2.57. The van der Waals surface area contributed by atoms with Gasteiger partial charge >= 0.3 is 0 Å². The van der Waals surface area contributed by atoms with Crippen LogP contribution in [-0.4, -0.2) is 17.5 Å². The average molecular weight is 150 g/mol. The molecule has 0 aliphatic heterocycles. The summed E-state index contributed by atoms with van der Waals surface area (Å²) in [4.78, 5) is 0. The number of unbranched alkanes of at least 4 members (excludes halogenated alkanes) is 1. The smallest absolute Gasteiger partial charge is 0.0894 e. The molecule has 0 aliphatic rings. The zero-order chi connectivity index (χ0) is 6.95. The van der Waals surface area contributed by atoms with Crippen LogP contribution in [0.15, 0.2) is 11.7 Å². The van der Waals surface area contributed by atoms with Crippen LogP contribution in [-0.2, 0) is 0 Å². The highest BCUT2D eigenvalue weighted by molar-refractivity contribution is 8.02. The third-order valence-corrected chi connectivity index (χ3v) is 1.64. The molecule has 0 heterocycles. The van der Waals surface area contributed by atoms with E-state index in [9.17, 15) is 4.39 Å². The molecule has 0 rings (SSSR count). The monoisotopic (exact) mass is 150 g/mol. The van der Waals surface area contributed by atoms with Crippen LogP contribution in [0.25, 0.3) is 0 Å². The van der Waals surface area contributed by atoms with Gasteiger partial charge < -0.3 is 5.11 Å². The lowest BCUT2D eigenvalue weighted by Gasteiger charge is -1.90. The van der Waals surface area contributed by atoms with Crippen LogP contribution in [0, 0.1) is 0 Å². The van der Waals surface area contributed by atoms with E-state index in [1.807, 2.05) is 0 Å². The van der Waals surface area contributed by atoms with E-state index in [4.69, 9.17) is 5.11 Å². The molecule has 0 aromatic rings. The highest BCUT2D eigenvalue weighted by Gasteiger charge is 1.84. The van der Waals surface area contributed by atoms with Crippen LogP contribution in [0.4, 0.5) is 4.39 Å². The number of thioether (sulfide) groups is 1. The summed E-state index contributed by atoms with van der Waals surface area (Å²) in [6.07, 6.45) is 2.51. The van der Waals surface area contributed by atoms with Crippen molar-refractivity contribution >= 4 is 11.8 Å². The summed E-state index contributed by atoms with van der Waals surface area (Å²) in [5.41, 5.74) is 0. The molecule has 0 atom stereocenters. The first-order valence-corrected chi connectivity index (χ1v) is 3.93. The van der Waals surface area contributed by atoms with Gasteiger partial charge in [-0.1, -0.05) is 0 Å². The van der Waals surface area contributed by atoms with Crippen molar-refractivity contribution in [2.24, 2.45) is 0 Å². The van der Waals surface area contributed by atoms with Crippen molar-refractivity contribution in [1.82, 2.24) is 0 Å². The van der Waals surface area contributed by atoms with Gasteiger partial charge in [0, 0.05) is 5.41 Å². The summed E-state index contributed by atoms with van der Waals surface area (Å²) >= 11 is 1.50. The number of rotatable bonds is 5. The third kappa shape index (κ3) is 7.82. The molecule has 0 fully saturated rings. The second kappa shape index (κ2) is 7.82. The zero-order valence-electron chi connectivity index (χ0n) is 5.22. The van der Waals surface area contributed by atoms with E-state index >= 15 is 0 Å². The summed E-state index contributed by atoms with van der Waals surface area (Å²) in [6, 6.07) is 0. The van der Waals surface area contributed by atoms with Crippen molar-refractivity contribution in [1.29, 1.82) is 0 Å². The maximum absolute atomic E-state index is 11.4. The molecule has 0 radical (unpaired) electrons. The van der Waals surface area contributed by atoms with Crippen molar-refractivity contribution in [2.75, 3.05) is 12.4 Å². The molecule has 1 N–H and O–H groups in total. The second-order valence-electron chi connectivity index (χ2n) is 1.55. The molecule has 0 unspecified atom stereocenters. The number of aliphatic hydroxyl groups is 1.